The molecule has 1 aromatic rings. The van der Waals surface area contributed by atoms with Crippen LogP contribution in [0.15, 0.2) is 24.4 Å². The normalized spacial score (nSPS) is 23.8. The van der Waals surface area contributed by atoms with Crippen LogP contribution < -0.4 is 5.32 Å². The van der Waals surface area contributed by atoms with Gasteiger partial charge >= 0.3 is 0 Å². The number of nitrogens with one attached hydrogen (secondary N) is 2. The van der Waals surface area contributed by atoms with Gasteiger partial charge in [-0.1, -0.05) is 12.2 Å². The smallest absolute Gasteiger partial charge is 0.0706 e. The number of nitrogens with zero attached hydrogens (tertiary/aromatic N) is 1. The Hall–Kier alpha value is -1.09. The first-order valence-corrected chi connectivity index (χ1v) is 3.70. The second kappa shape index (κ2) is 2.88. The van der Waals surface area contributed by atoms with Crippen molar-refractivity contribution in [2.24, 2.45) is 0 Å². The fourth-order valence-electron chi connectivity index (χ4n) is 1.17. The Balaban J connectivity index is 2.16. The number of H-pyrrole nitrogens is 1. The molecule has 11 heavy (non-hydrogen) atoms. The van der Waals surface area contributed by atoms with E-state index in [1.165, 1.54) is 0 Å². The zero-order valence-electron chi connectivity index (χ0n) is 6.12. The lowest BCUT2D eigenvalue weighted by Crippen LogP contribution is -2.19. The summed E-state index contributed by atoms with van der Waals surface area (Å²) in [7, 11) is 0. The molecule has 1 unspecified atom stereocenters. The third-order valence-electron chi connectivity index (χ3n) is 1.74. The summed E-state index contributed by atoms with van der Waals surface area (Å²) in [5.41, 5.74) is 1.06. The van der Waals surface area contributed by atoms with Crippen molar-refractivity contribution in [1.82, 2.24) is 15.5 Å². The Morgan fingerprint density at radius 2 is 2.55 bits per heavy atom. The van der Waals surface area contributed by atoms with E-state index in [2.05, 4.69) is 34.2 Å². The second-order valence-corrected chi connectivity index (χ2v) is 2.53. The molecule has 0 aromatic carbocycles. The van der Waals surface area contributed by atoms with Crippen LogP contribution in [0.4, 0.5) is 0 Å². The maximum atomic E-state index is 4.09. The molecular formula is C8H10N3. The van der Waals surface area contributed by atoms with Gasteiger partial charge in [0, 0.05) is 25.2 Å². The standard InChI is InChI=1S/C8H10N3/c1-2-7(6-9-4-1)8-3-5-10-11-8/h1-3,5-7,9H,4H2,(H,10,11). The highest BCUT2D eigenvalue weighted by Crippen LogP contribution is 2.17. The number of aromatic nitrogens is 2. The predicted molar refractivity (Wildman–Crippen MR) is 42.8 cm³/mol. The molecule has 1 radical (unpaired) electrons. The van der Waals surface area contributed by atoms with Crippen molar-refractivity contribution in [3.8, 4) is 0 Å². The highest BCUT2D eigenvalue weighted by Gasteiger charge is 2.11. The van der Waals surface area contributed by atoms with Gasteiger partial charge in [0.15, 0.2) is 0 Å². The number of hydrogen-bond acceptors (Lipinski definition) is 2. The van der Waals surface area contributed by atoms with Crippen molar-refractivity contribution in [3.05, 3.63) is 36.7 Å². The van der Waals surface area contributed by atoms with Crippen LogP contribution in [0.1, 0.15) is 11.6 Å². The molecule has 0 saturated carbocycles. The van der Waals surface area contributed by atoms with Crippen LogP contribution in [0.3, 0.4) is 0 Å². The zero-order chi connectivity index (χ0) is 7.52. The molecular weight excluding hydrogens is 138 g/mol. The molecule has 0 bridgehead atoms. The first-order chi connectivity index (χ1) is 5.47. The topological polar surface area (TPSA) is 40.7 Å². The van der Waals surface area contributed by atoms with Gasteiger partial charge in [0.1, 0.15) is 0 Å². The van der Waals surface area contributed by atoms with Crippen molar-refractivity contribution >= 4 is 0 Å². The summed E-state index contributed by atoms with van der Waals surface area (Å²) in [4.78, 5) is 0. The fraction of sp³-hybridized carbons (Fsp3) is 0.250. The Morgan fingerprint density at radius 3 is 3.18 bits per heavy atom. The Bertz CT molecular complexity index is 238. The third-order valence-corrected chi connectivity index (χ3v) is 1.74. The van der Waals surface area contributed by atoms with E-state index in [-0.39, 0.29) is 0 Å². The lowest BCUT2D eigenvalue weighted by Gasteiger charge is -2.13. The van der Waals surface area contributed by atoms with Crippen LogP contribution in [0.2, 0.25) is 0 Å². The summed E-state index contributed by atoms with van der Waals surface area (Å²) < 4.78 is 0. The van der Waals surface area contributed by atoms with Gasteiger partial charge in [-0.3, -0.25) is 5.10 Å². The molecule has 1 atom stereocenters. The first kappa shape index (κ1) is 6.61. The molecule has 0 fully saturated rings. The predicted octanol–water partition coefficient (Wildman–Crippen LogP) is 0.814. The number of hydrogen-bond donors (Lipinski definition) is 2. The molecule has 2 N–H and O–H groups in total. The van der Waals surface area contributed by atoms with Gasteiger partial charge in [0.25, 0.3) is 0 Å². The van der Waals surface area contributed by atoms with Crippen LogP contribution >= 0.6 is 0 Å². The summed E-state index contributed by atoms with van der Waals surface area (Å²) in [5.74, 6) is 0.329. The SMILES string of the molecule is [CH]1NCC=CC1c1cc[nH]n1. The molecule has 2 heterocycles. The minimum atomic E-state index is 0.329. The van der Waals surface area contributed by atoms with Crippen LogP contribution in [0.5, 0.6) is 0 Å². The molecule has 1 aliphatic rings. The first-order valence-electron chi connectivity index (χ1n) is 3.70. The Morgan fingerprint density at radius 1 is 1.55 bits per heavy atom. The van der Waals surface area contributed by atoms with E-state index >= 15 is 0 Å². The maximum Gasteiger partial charge on any atom is 0.0706 e. The van der Waals surface area contributed by atoms with Gasteiger partial charge in [-0.05, 0) is 6.07 Å². The largest absolute Gasteiger partial charge is 0.308 e. The minimum Gasteiger partial charge on any atom is -0.308 e. The van der Waals surface area contributed by atoms with E-state index in [0.29, 0.717) is 5.92 Å². The van der Waals surface area contributed by atoms with E-state index in [9.17, 15) is 0 Å². The Kier molecular flexibility index (Phi) is 1.73. The van der Waals surface area contributed by atoms with E-state index < -0.39 is 0 Å². The van der Waals surface area contributed by atoms with Crippen LogP contribution in [0.25, 0.3) is 0 Å². The average Bonchev–Trinajstić information content (AvgIpc) is 2.58. The van der Waals surface area contributed by atoms with Crippen molar-refractivity contribution in [2.45, 2.75) is 5.92 Å². The van der Waals surface area contributed by atoms with Crippen molar-refractivity contribution in [1.29, 1.82) is 0 Å². The zero-order valence-corrected chi connectivity index (χ0v) is 6.12. The van der Waals surface area contributed by atoms with Crippen LogP contribution in [-0.2, 0) is 0 Å². The summed E-state index contributed by atoms with van der Waals surface area (Å²) in [6.07, 6.45) is 6.09. The van der Waals surface area contributed by atoms with Gasteiger partial charge in [-0.2, -0.15) is 5.10 Å². The summed E-state index contributed by atoms with van der Waals surface area (Å²) in [5, 5.41) is 10.0. The highest BCUT2D eigenvalue weighted by atomic mass is 15.1. The summed E-state index contributed by atoms with van der Waals surface area (Å²) in [6, 6.07) is 1.98. The Labute approximate surface area is 65.5 Å². The molecule has 0 saturated heterocycles. The molecule has 57 valence electrons. The van der Waals surface area contributed by atoms with E-state index in [4.69, 9.17) is 0 Å². The minimum absolute atomic E-state index is 0.329. The quantitative estimate of drug-likeness (QED) is 0.579. The third kappa shape index (κ3) is 1.33. The van der Waals surface area contributed by atoms with Crippen molar-refractivity contribution in [3.63, 3.8) is 0 Å². The summed E-state index contributed by atoms with van der Waals surface area (Å²) >= 11 is 0. The lowest BCUT2D eigenvalue weighted by atomic mass is 10.0. The summed E-state index contributed by atoms with van der Waals surface area (Å²) in [6.45, 7) is 2.98. The monoisotopic (exact) mass is 148 g/mol. The maximum absolute atomic E-state index is 4.09. The molecule has 1 aliphatic heterocycles. The molecule has 0 aliphatic carbocycles. The van der Waals surface area contributed by atoms with Gasteiger partial charge in [-0.25, -0.2) is 0 Å². The second-order valence-electron chi connectivity index (χ2n) is 2.53. The van der Waals surface area contributed by atoms with Gasteiger partial charge in [0.2, 0.25) is 0 Å². The van der Waals surface area contributed by atoms with Gasteiger partial charge in [-0.15, -0.1) is 0 Å². The molecule has 2 rings (SSSR count). The van der Waals surface area contributed by atoms with E-state index in [0.717, 1.165) is 12.2 Å². The van der Waals surface area contributed by atoms with E-state index in [1.54, 1.807) is 0 Å². The molecule has 0 amide bonds. The molecule has 3 nitrogen and oxygen atoms in total. The van der Waals surface area contributed by atoms with Gasteiger partial charge in [0.05, 0.1) is 5.69 Å². The van der Waals surface area contributed by atoms with Crippen LogP contribution in [0, 0.1) is 6.54 Å². The molecule has 1 aromatic heterocycles. The fourth-order valence-corrected chi connectivity index (χ4v) is 1.17. The number of rotatable bonds is 1. The molecule has 3 heteroatoms. The van der Waals surface area contributed by atoms with Crippen LogP contribution in [-0.4, -0.2) is 16.7 Å². The van der Waals surface area contributed by atoms with E-state index in [1.807, 2.05) is 12.3 Å². The lowest BCUT2D eigenvalue weighted by molar-refractivity contribution is 0.742. The number of aromatic amines is 1. The molecule has 0 spiro atoms. The average molecular weight is 148 g/mol. The highest BCUT2D eigenvalue weighted by molar-refractivity contribution is 5.20. The van der Waals surface area contributed by atoms with Crippen molar-refractivity contribution < 1.29 is 0 Å². The van der Waals surface area contributed by atoms with Gasteiger partial charge < -0.3 is 5.32 Å². The van der Waals surface area contributed by atoms with Crippen molar-refractivity contribution in [2.75, 3.05) is 6.54 Å².